The summed E-state index contributed by atoms with van der Waals surface area (Å²) in [4.78, 5) is 13.9. The van der Waals surface area contributed by atoms with E-state index in [2.05, 4.69) is 14.9 Å². The molecular formula is C12H20N4O3S. The number of hydrogen-bond donors (Lipinski definition) is 2. The van der Waals surface area contributed by atoms with Crippen LogP contribution in [-0.2, 0) is 14.8 Å². The molecule has 1 aliphatic rings. The van der Waals surface area contributed by atoms with E-state index in [1.807, 2.05) is 6.07 Å². The highest BCUT2D eigenvalue weighted by Gasteiger charge is 2.25. The lowest BCUT2D eigenvalue weighted by atomic mass is 9.95. The molecule has 2 N–H and O–H groups in total. The second-order valence-electron chi connectivity index (χ2n) is 5.11. The number of sulfonamides is 1. The molecule has 1 aliphatic heterocycles. The molecule has 1 amide bonds. The molecule has 1 saturated heterocycles. The van der Waals surface area contributed by atoms with Crippen molar-refractivity contribution in [2.75, 3.05) is 25.9 Å². The Hall–Kier alpha value is -1.41. The van der Waals surface area contributed by atoms with Gasteiger partial charge in [-0.05, 0) is 18.9 Å². The van der Waals surface area contributed by atoms with Gasteiger partial charge in [0.1, 0.15) is 0 Å². The maximum Gasteiger partial charge on any atom is 0.223 e. The van der Waals surface area contributed by atoms with Crippen molar-refractivity contribution in [2.24, 2.45) is 0 Å². The fourth-order valence-electron chi connectivity index (χ4n) is 2.45. The van der Waals surface area contributed by atoms with Crippen LogP contribution in [0, 0.1) is 0 Å². The van der Waals surface area contributed by atoms with Gasteiger partial charge in [0.25, 0.3) is 0 Å². The Morgan fingerprint density at radius 2 is 2.40 bits per heavy atom. The lowest BCUT2D eigenvalue weighted by Gasteiger charge is -2.32. The summed E-state index contributed by atoms with van der Waals surface area (Å²) in [7, 11) is -3.23. The molecule has 2 heterocycles. The van der Waals surface area contributed by atoms with Crippen molar-refractivity contribution in [3.05, 3.63) is 18.0 Å². The Labute approximate surface area is 118 Å². The standard InChI is InChI=1S/C12H20N4O3S/c1-20(18,19)14-7-5-12(17)16-8-2-3-10(9-16)11-4-6-13-15-11/h4,6,10,14H,2-3,5,7-9H2,1H3,(H,13,15). The van der Waals surface area contributed by atoms with Gasteiger partial charge in [-0.25, -0.2) is 13.1 Å². The number of piperidine rings is 1. The topological polar surface area (TPSA) is 95.2 Å². The van der Waals surface area contributed by atoms with E-state index in [0.29, 0.717) is 6.54 Å². The highest BCUT2D eigenvalue weighted by Crippen LogP contribution is 2.25. The van der Waals surface area contributed by atoms with Crippen LogP contribution in [0.3, 0.4) is 0 Å². The fourth-order valence-corrected chi connectivity index (χ4v) is 2.93. The first kappa shape index (κ1) is 15.0. The zero-order valence-corrected chi connectivity index (χ0v) is 12.3. The SMILES string of the molecule is CS(=O)(=O)NCCC(=O)N1CCCC(c2ccn[nH]2)C1. The van der Waals surface area contributed by atoms with Crippen molar-refractivity contribution >= 4 is 15.9 Å². The summed E-state index contributed by atoms with van der Waals surface area (Å²) in [5.41, 5.74) is 1.05. The number of hydrogen-bond acceptors (Lipinski definition) is 4. The van der Waals surface area contributed by atoms with Crippen LogP contribution in [0.1, 0.15) is 30.9 Å². The van der Waals surface area contributed by atoms with Gasteiger partial charge >= 0.3 is 0 Å². The molecule has 2 rings (SSSR count). The molecule has 0 aliphatic carbocycles. The van der Waals surface area contributed by atoms with Crippen molar-refractivity contribution in [3.63, 3.8) is 0 Å². The van der Waals surface area contributed by atoms with E-state index in [9.17, 15) is 13.2 Å². The van der Waals surface area contributed by atoms with Crippen LogP contribution in [0.15, 0.2) is 12.3 Å². The van der Waals surface area contributed by atoms with Crippen LogP contribution in [0.4, 0.5) is 0 Å². The number of likely N-dealkylation sites (tertiary alicyclic amines) is 1. The Morgan fingerprint density at radius 3 is 3.05 bits per heavy atom. The van der Waals surface area contributed by atoms with Crippen molar-refractivity contribution in [2.45, 2.75) is 25.2 Å². The maximum atomic E-state index is 12.1. The molecule has 112 valence electrons. The molecule has 1 aromatic heterocycles. The first-order chi connectivity index (χ1) is 9.46. The van der Waals surface area contributed by atoms with Crippen LogP contribution >= 0.6 is 0 Å². The lowest BCUT2D eigenvalue weighted by Crippen LogP contribution is -2.40. The number of H-pyrrole nitrogens is 1. The molecule has 0 radical (unpaired) electrons. The van der Waals surface area contributed by atoms with E-state index < -0.39 is 10.0 Å². The fraction of sp³-hybridized carbons (Fsp3) is 0.667. The molecule has 1 fully saturated rings. The quantitative estimate of drug-likeness (QED) is 0.803. The molecular weight excluding hydrogens is 280 g/mol. The highest BCUT2D eigenvalue weighted by molar-refractivity contribution is 7.88. The molecule has 0 bridgehead atoms. The summed E-state index contributed by atoms with van der Waals surface area (Å²) in [6.45, 7) is 1.56. The monoisotopic (exact) mass is 300 g/mol. The first-order valence-electron chi connectivity index (χ1n) is 6.67. The number of carbonyl (C=O) groups is 1. The van der Waals surface area contributed by atoms with Gasteiger partial charge in [0, 0.05) is 43.9 Å². The molecule has 0 saturated carbocycles. The van der Waals surface area contributed by atoms with Gasteiger partial charge in [-0.3, -0.25) is 9.89 Å². The number of nitrogens with one attached hydrogen (secondary N) is 2. The minimum Gasteiger partial charge on any atom is -0.342 e. The average molecular weight is 300 g/mol. The molecule has 1 atom stereocenters. The number of carbonyl (C=O) groups excluding carboxylic acids is 1. The predicted octanol–water partition coefficient (Wildman–Crippen LogP) is 0.0550. The van der Waals surface area contributed by atoms with Gasteiger partial charge < -0.3 is 4.90 Å². The summed E-state index contributed by atoms with van der Waals surface area (Å²) >= 11 is 0. The number of aromatic nitrogens is 2. The zero-order chi connectivity index (χ0) is 14.6. The van der Waals surface area contributed by atoms with E-state index in [0.717, 1.165) is 31.3 Å². The molecule has 0 aromatic carbocycles. The Morgan fingerprint density at radius 1 is 1.60 bits per heavy atom. The summed E-state index contributed by atoms with van der Waals surface area (Å²) in [6.07, 6.45) is 4.99. The highest BCUT2D eigenvalue weighted by atomic mass is 32.2. The zero-order valence-electron chi connectivity index (χ0n) is 11.5. The number of aromatic amines is 1. The van der Waals surface area contributed by atoms with Gasteiger partial charge in [-0.15, -0.1) is 0 Å². The molecule has 0 spiro atoms. The normalized spacial score (nSPS) is 20.1. The van der Waals surface area contributed by atoms with Crippen LogP contribution in [0.2, 0.25) is 0 Å². The van der Waals surface area contributed by atoms with E-state index >= 15 is 0 Å². The Kier molecular flexibility index (Phi) is 4.77. The van der Waals surface area contributed by atoms with E-state index in [4.69, 9.17) is 0 Å². The third-order valence-electron chi connectivity index (χ3n) is 3.44. The average Bonchev–Trinajstić information content (AvgIpc) is 2.91. The minimum atomic E-state index is -3.23. The molecule has 1 aromatic rings. The summed E-state index contributed by atoms with van der Waals surface area (Å²) < 4.78 is 24.2. The van der Waals surface area contributed by atoms with Crippen LogP contribution in [-0.4, -0.2) is 55.3 Å². The second-order valence-corrected chi connectivity index (χ2v) is 6.94. The van der Waals surface area contributed by atoms with E-state index in [-0.39, 0.29) is 24.8 Å². The van der Waals surface area contributed by atoms with Crippen molar-refractivity contribution < 1.29 is 13.2 Å². The predicted molar refractivity (Wildman–Crippen MR) is 74.6 cm³/mol. The van der Waals surface area contributed by atoms with Gasteiger partial charge in [0.15, 0.2) is 0 Å². The Bertz CT molecular complexity index is 541. The largest absolute Gasteiger partial charge is 0.342 e. The first-order valence-corrected chi connectivity index (χ1v) is 8.56. The van der Waals surface area contributed by atoms with Crippen LogP contribution in [0.25, 0.3) is 0 Å². The third kappa shape index (κ3) is 4.31. The van der Waals surface area contributed by atoms with Gasteiger partial charge in [0.05, 0.1) is 6.26 Å². The van der Waals surface area contributed by atoms with Crippen LogP contribution in [0.5, 0.6) is 0 Å². The smallest absolute Gasteiger partial charge is 0.223 e. The maximum absolute atomic E-state index is 12.1. The molecule has 20 heavy (non-hydrogen) atoms. The van der Waals surface area contributed by atoms with Gasteiger partial charge in [-0.2, -0.15) is 5.10 Å². The van der Waals surface area contributed by atoms with E-state index in [1.54, 1.807) is 11.1 Å². The van der Waals surface area contributed by atoms with Crippen molar-refractivity contribution in [1.82, 2.24) is 19.8 Å². The van der Waals surface area contributed by atoms with Crippen LogP contribution < -0.4 is 4.72 Å². The Balaban J connectivity index is 1.84. The summed E-state index contributed by atoms with van der Waals surface area (Å²) in [5, 5.41) is 6.89. The molecule has 1 unspecified atom stereocenters. The van der Waals surface area contributed by atoms with E-state index in [1.165, 1.54) is 0 Å². The third-order valence-corrected chi connectivity index (χ3v) is 4.17. The number of amides is 1. The van der Waals surface area contributed by atoms with Gasteiger partial charge in [0.2, 0.25) is 15.9 Å². The molecule has 8 heteroatoms. The number of rotatable bonds is 5. The van der Waals surface area contributed by atoms with Gasteiger partial charge in [-0.1, -0.05) is 0 Å². The lowest BCUT2D eigenvalue weighted by molar-refractivity contribution is -0.132. The van der Waals surface area contributed by atoms with Crippen molar-refractivity contribution in [3.8, 4) is 0 Å². The summed E-state index contributed by atoms with van der Waals surface area (Å²) in [5.74, 6) is 0.281. The second kappa shape index (κ2) is 6.36. The molecule has 7 nitrogen and oxygen atoms in total. The number of nitrogens with zero attached hydrogens (tertiary/aromatic N) is 2. The van der Waals surface area contributed by atoms with Crippen molar-refractivity contribution in [1.29, 1.82) is 0 Å². The minimum absolute atomic E-state index is 0.00892. The summed E-state index contributed by atoms with van der Waals surface area (Å²) in [6, 6.07) is 1.93.